The number of hydrogen-bond donors (Lipinski definition) is 0. The second-order valence-corrected chi connectivity index (χ2v) is 12.9. The molecule has 2 aliphatic rings. The van der Waals surface area contributed by atoms with E-state index in [-0.39, 0.29) is 22.8 Å². The van der Waals surface area contributed by atoms with Gasteiger partial charge in [-0.3, -0.25) is 0 Å². The summed E-state index contributed by atoms with van der Waals surface area (Å²) >= 11 is 0. The van der Waals surface area contributed by atoms with Gasteiger partial charge in [-0.15, -0.1) is 0 Å². The predicted octanol–water partition coefficient (Wildman–Crippen LogP) is 12.5. The lowest BCUT2D eigenvalue weighted by Crippen LogP contribution is -2.25. The highest BCUT2D eigenvalue weighted by Crippen LogP contribution is 2.45. The van der Waals surface area contributed by atoms with Gasteiger partial charge in [-0.2, -0.15) is 4.39 Å². The van der Waals surface area contributed by atoms with E-state index in [9.17, 15) is 8.78 Å². The molecule has 0 aliphatic heterocycles. The predicted molar refractivity (Wildman–Crippen MR) is 171 cm³/mol. The zero-order valence-electron chi connectivity index (χ0n) is 26.2. The number of allylic oxidation sites excluding steroid dienone is 1. The van der Waals surface area contributed by atoms with Gasteiger partial charge in [-0.05, 0) is 104 Å². The van der Waals surface area contributed by atoms with Crippen LogP contribution in [0, 0.1) is 41.0 Å². The van der Waals surface area contributed by atoms with Crippen LogP contribution in [-0.2, 0) is 0 Å². The SMILES string of the molecule is CC/C=C\Oc1ccc(-c2ccc(-c3ccc(C4CCC(C5CCC(CCCCC)CC5)CC4)c(F)c3F)cc2)c(F)c1F. The van der Waals surface area contributed by atoms with Crippen molar-refractivity contribution in [3.63, 3.8) is 0 Å². The highest BCUT2D eigenvalue weighted by atomic mass is 19.2. The first-order valence-corrected chi connectivity index (χ1v) is 16.8. The van der Waals surface area contributed by atoms with Crippen LogP contribution in [0.5, 0.6) is 5.75 Å². The Labute approximate surface area is 260 Å². The summed E-state index contributed by atoms with van der Waals surface area (Å²) in [5.41, 5.74) is 1.63. The molecule has 0 aromatic heterocycles. The molecule has 3 aromatic rings. The Balaban J connectivity index is 1.21. The second kappa shape index (κ2) is 15.3. The first-order chi connectivity index (χ1) is 21.4. The maximum absolute atomic E-state index is 15.5. The molecular formula is C39H46F4O. The molecular weight excluding hydrogens is 560 g/mol. The van der Waals surface area contributed by atoms with Gasteiger partial charge in [0.2, 0.25) is 5.82 Å². The normalized spacial score (nSPS) is 22.4. The molecule has 5 rings (SSSR count). The van der Waals surface area contributed by atoms with Crippen LogP contribution in [0.2, 0.25) is 0 Å². The molecule has 236 valence electrons. The van der Waals surface area contributed by atoms with E-state index in [0.29, 0.717) is 29.0 Å². The Morgan fingerprint density at radius 2 is 1.20 bits per heavy atom. The van der Waals surface area contributed by atoms with Gasteiger partial charge in [-0.25, -0.2) is 13.2 Å². The molecule has 2 saturated carbocycles. The van der Waals surface area contributed by atoms with Crippen LogP contribution in [0.25, 0.3) is 22.3 Å². The van der Waals surface area contributed by atoms with E-state index in [4.69, 9.17) is 4.74 Å². The zero-order valence-corrected chi connectivity index (χ0v) is 26.2. The van der Waals surface area contributed by atoms with Gasteiger partial charge in [0.25, 0.3) is 0 Å². The van der Waals surface area contributed by atoms with Crippen molar-refractivity contribution in [3.8, 4) is 28.0 Å². The average molecular weight is 607 g/mol. The molecule has 0 atom stereocenters. The van der Waals surface area contributed by atoms with Crippen molar-refractivity contribution in [2.45, 2.75) is 103 Å². The lowest BCUT2D eigenvalue weighted by molar-refractivity contribution is 0.155. The minimum absolute atomic E-state index is 0.0462. The molecule has 44 heavy (non-hydrogen) atoms. The van der Waals surface area contributed by atoms with Crippen molar-refractivity contribution in [1.29, 1.82) is 0 Å². The highest BCUT2D eigenvalue weighted by molar-refractivity contribution is 5.72. The summed E-state index contributed by atoms with van der Waals surface area (Å²) in [6.07, 6.45) is 18.5. The van der Waals surface area contributed by atoms with E-state index < -0.39 is 23.3 Å². The molecule has 5 heteroatoms. The number of hydrogen-bond acceptors (Lipinski definition) is 1. The van der Waals surface area contributed by atoms with Crippen LogP contribution in [0.4, 0.5) is 17.6 Å². The Hall–Kier alpha value is -3.08. The fraction of sp³-hybridized carbons (Fsp3) is 0.487. The van der Waals surface area contributed by atoms with E-state index in [1.807, 2.05) is 6.92 Å². The van der Waals surface area contributed by atoms with Gasteiger partial charge >= 0.3 is 0 Å². The minimum Gasteiger partial charge on any atom is -0.462 e. The van der Waals surface area contributed by atoms with E-state index in [2.05, 4.69) is 6.92 Å². The maximum Gasteiger partial charge on any atom is 0.201 e. The van der Waals surface area contributed by atoms with Gasteiger partial charge in [0, 0.05) is 11.1 Å². The summed E-state index contributed by atoms with van der Waals surface area (Å²) < 4.78 is 65.5. The summed E-state index contributed by atoms with van der Waals surface area (Å²) in [7, 11) is 0. The number of ether oxygens (including phenoxy) is 1. The van der Waals surface area contributed by atoms with Crippen LogP contribution in [-0.4, -0.2) is 0 Å². The van der Waals surface area contributed by atoms with Crippen molar-refractivity contribution in [2.24, 2.45) is 17.8 Å². The average Bonchev–Trinajstić information content (AvgIpc) is 3.05. The smallest absolute Gasteiger partial charge is 0.201 e. The first-order valence-electron chi connectivity index (χ1n) is 16.8. The van der Waals surface area contributed by atoms with Crippen molar-refractivity contribution >= 4 is 0 Å². The lowest BCUT2D eigenvalue weighted by atomic mass is 9.68. The fourth-order valence-corrected chi connectivity index (χ4v) is 7.53. The van der Waals surface area contributed by atoms with E-state index in [0.717, 1.165) is 37.5 Å². The van der Waals surface area contributed by atoms with Crippen LogP contribution in [0.3, 0.4) is 0 Å². The highest BCUT2D eigenvalue weighted by Gasteiger charge is 2.32. The minimum atomic E-state index is -1.07. The summed E-state index contributed by atoms with van der Waals surface area (Å²) in [4.78, 5) is 0. The lowest BCUT2D eigenvalue weighted by Gasteiger charge is -2.38. The van der Waals surface area contributed by atoms with Crippen molar-refractivity contribution < 1.29 is 22.3 Å². The Morgan fingerprint density at radius 1 is 0.636 bits per heavy atom. The number of halogens is 4. The molecule has 0 amide bonds. The van der Waals surface area contributed by atoms with Crippen LogP contribution < -0.4 is 4.74 Å². The maximum atomic E-state index is 15.5. The Bertz CT molecular complexity index is 1400. The third-order valence-corrected chi connectivity index (χ3v) is 10.2. The van der Waals surface area contributed by atoms with E-state index in [1.165, 1.54) is 69.8 Å². The van der Waals surface area contributed by atoms with E-state index >= 15 is 8.78 Å². The van der Waals surface area contributed by atoms with Gasteiger partial charge in [0.1, 0.15) is 0 Å². The number of rotatable bonds is 11. The standard InChI is InChI=1S/C39H46F4O/c1-3-5-7-8-26-9-11-27(12-10-26)28-13-15-29(16-14-28)32-21-22-33(37(41)36(32)40)30-17-19-31(20-18-30)34-23-24-35(39(43)38(34)42)44-25-6-4-2/h6,17-29H,3-5,7-16H2,1-2H3/b25-6-. The van der Waals surface area contributed by atoms with Crippen LogP contribution in [0.1, 0.15) is 109 Å². The van der Waals surface area contributed by atoms with Crippen molar-refractivity contribution in [1.82, 2.24) is 0 Å². The van der Waals surface area contributed by atoms with Crippen LogP contribution in [0.15, 0.2) is 60.9 Å². The summed E-state index contributed by atoms with van der Waals surface area (Å²) in [6.45, 7) is 4.17. The molecule has 1 nitrogen and oxygen atoms in total. The third-order valence-electron chi connectivity index (χ3n) is 10.2. The second-order valence-electron chi connectivity index (χ2n) is 12.9. The molecule has 0 radical (unpaired) electrons. The molecule has 2 fully saturated rings. The Morgan fingerprint density at radius 3 is 1.80 bits per heavy atom. The number of benzene rings is 3. The third kappa shape index (κ3) is 7.41. The largest absolute Gasteiger partial charge is 0.462 e. The monoisotopic (exact) mass is 606 g/mol. The van der Waals surface area contributed by atoms with Crippen molar-refractivity contribution in [3.05, 3.63) is 89.7 Å². The summed E-state index contributed by atoms with van der Waals surface area (Å²) in [5, 5.41) is 0. The van der Waals surface area contributed by atoms with Gasteiger partial charge in [0.15, 0.2) is 23.2 Å². The quantitative estimate of drug-likeness (QED) is 0.120. The topological polar surface area (TPSA) is 9.23 Å². The van der Waals surface area contributed by atoms with Gasteiger partial charge < -0.3 is 4.74 Å². The number of unbranched alkanes of at least 4 members (excludes halogenated alkanes) is 2. The zero-order chi connectivity index (χ0) is 31.1. The molecule has 0 N–H and O–H groups in total. The van der Waals surface area contributed by atoms with Gasteiger partial charge in [-0.1, -0.05) is 88.8 Å². The van der Waals surface area contributed by atoms with Crippen molar-refractivity contribution in [2.75, 3.05) is 0 Å². The summed E-state index contributed by atoms with van der Waals surface area (Å²) in [5.74, 6) is -1.44. The molecule has 2 aliphatic carbocycles. The molecule has 0 heterocycles. The molecule has 0 saturated heterocycles. The first kappa shape index (κ1) is 32.3. The van der Waals surface area contributed by atoms with E-state index in [1.54, 1.807) is 42.5 Å². The molecule has 0 spiro atoms. The molecule has 0 bridgehead atoms. The van der Waals surface area contributed by atoms with Crippen LogP contribution >= 0.6 is 0 Å². The van der Waals surface area contributed by atoms with Gasteiger partial charge in [0.05, 0.1) is 6.26 Å². The molecule has 0 unspecified atom stereocenters. The Kier molecular flexibility index (Phi) is 11.2. The summed E-state index contributed by atoms with van der Waals surface area (Å²) in [6, 6.07) is 12.6. The fourth-order valence-electron chi connectivity index (χ4n) is 7.53. The molecule has 3 aromatic carbocycles.